The molecule has 0 amide bonds. The Morgan fingerprint density at radius 1 is 1.26 bits per heavy atom. The van der Waals surface area contributed by atoms with Gasteiger partial charge in [0.15, 0.2) is 0 Å². The van der Waals surface area contributed by atoms with Crippen molar-refractivity contribution in [3.05, 3.63) is 52.3 Å². The number of carbonyl (C=O) groups is 1. The van der Waals surface area contributed by atoms with Crippen LogP contribution in [0.2, 0.25) is 0 Å². The summed E-state index contributed by atoms with van der Waals surface area (Å²) >= 11 is 3.14. The largest absolute Gasteiger partial charge is 0.489 e. The molecule has 2 rings (SSSR count). The van der Waals surface area contributed by atoms with Gasteiger partial charge in [-0.2, -0.15) is 0 Å². The molecule has 0 saturated heterocycles. The molecule has 0 bridgehead atoms. The minimum atomic E-state index is -4.07. The van der Waals surface area contributed by atoms with Gasteiger partial charge in [0.2, 0.25) is 0 Å². The maximum absolute atomic E-state index is 13.4. The van der Waals surface area contributed by atoms with E-state index in [2.05, 4.69) is 20.7 Å². The van der Waals surface area contributed by atoms with Crippen molar-refractivity contribution < 1.29 is 32.2 Å². The SMILES string of the molecule is CCOC(=O)c1ccc(S(=O)(=O)Nc2ccc(F)cc2OCCO)c(Br)c1. The van der Waals surface area contributed by atoms with Gasteiger partial charge in [-0.1, -0.05) is 0 Å². The van der Waals surface area contributed by atoms with Gasteiger partial charge in [0.05, 0.1) is 24.5 Å². The Hall–Kier alpha value is -2.17. The molecule has 2 aromatic carbocycles. The van der Waals surface area contributed by atoms with Gasteiger partial charge in [0.1, 0.15) is 23.1 Å². The van der Waals surface area contributed by atoms with E-state index in [9.17, 15) is 17.6 Å². The Kier molecular flexibility index (Phi) is 7.17. The summed E-state index contributed by atoms with van der Waals surface area (Å²) in [6.45, 7) is 1.41. The molecule has 0 atom stereocenters. The number of nitrogens with one attached hydrogen (secondary N) is 1. The van der Waals surface area contributed by atoms with E-state index in [0.29, 0.717) is 0 Å². The van der Waals surface area contributed by atoms with Crippen LogP contribution in [-0.2, 0) is 14.8 Å². The Labute approximate surface area is 164 Å². The number of halogens is 2. The van der Waals surface area contributed by atoms with Gasteiger partial charge in [0, 0.05) is 10.5 Å². The third-order valence-corrected chi connectivity index (χ3v) is 5.61. The highest BCUT2D eigenvalue weighted by molar-refractivity contribution is 9.10. The molecule has 0 aromatic heterocycles. The van der Waals surface area contributed by atoms with Crippen molar-refractivity contribution in [3.63, 3.8) is 0 Å². The van der Waals surface area contributed by atoms with Gasteiger partial charge in [-0.15, -0.1) is 0 Å². The molecule has 0 fully saturated rings. The second kappa shape index (κ2) is 9.16. The van der Waals surface area contributed by atoms with Crippen molar-refractivity contribution in [1.29, 1.82) is 0 Å². The van der Waals surface area contributed by atoms with Crippen molar-refractivity contribution in [3.8, 4) is 5.75 Å². The first-order valence-corrected chi connectivity index (χ1v) is 10.1. The summed E-state index contributed by atoms with van der Waals surface area (Å²) in [5, 5.41) is 8.84. The van der Waals surface area contributed by atoms with Crippen LogP contribution >= 0.6 is 15.9 Å². The molecule has 2 aromatic rings. The fourth-order valence-corrected chi connectivity index (χ4v) is 4.26. The summed E-state index contributed by atoms with van der Waals surface area (Å²) in [5.74, 6) is -1.26. The van der Waals surface area contributed by atoms with Crippen LogP contribution in [0.15, 0.2) is 45.8 Å². The minimum Gasteiger partial charge on any atom is -0.489 e. The highest BCUT2D eigenvalue weighted by atomic mass is 79.9. The van der Waals surface area contributed by atoms with Crippen molar-refractivity contribution in [2.45, 2.75) is 11.8 Å². The van der Waals surface area contributed by atoms with Crippen LogP contribution in [0.25, 0.3) is 0 Å². The summed E-state index contributed by atoms with van der Waals surface area (Å²) in [5.41, 5.74) is 0.197. The standard InChI is InChI=1S/C17H17BrFNO6S/c1-2-25-17(22)11-3-6-16(13(18)9-11)27(23,24)20-14-5-4-12(19)10-15(14)26-8-7-21/h3-6,9-10,20-21H,2,7-8H2,1H3. The second-order valence-electron chi connectivity index (χ2n) is 5.18. The molecule has 0 radical (unpaired) electrons. The van der Waals surface area contributed by atoms with Crippen LogP contribution in [0, 0.1) is 5.82 Å². The van der Waals surface area contributed by atoms with Crippen molar-refractivity contribution in [2.24, 2.45) is 0 Å². The molecule has 7 nitrogen and oxygen atoms in total. The normalized spacial score (nSPS) is 11.1. The highest BCUT2D eigenvalue weighted by Gasteiger charge is 2.21. The number of esters is 1. The Morgan fingerprint density at radius 3 is 2.63 bits per heavy atom. The van der Waals surface area contributed by atoms with Crippen LogP contribution in [0.1, 0.15) is 17.3 Å². The van der Waals surface area contributed by atoms with Gasteiger partial charge < -0.3 is 14.6 Å². The van der Waals surface area contributed by atoms with Gasteiger partial charge in [0.25, 0.3) is 10.0 Å². The topological polar surface area (TPSA) is 102 Å². The quantitative estimate of drug-likeness (QED) is 0.585. The molecule has 0 aliphatic rings. The van der Waals surface area contributed by atoms with E-state index < -0.39 is 21.8 Å². The van der Waals surface area contributed by atoms with Crippen molar-refractivity contribution in [1.82, 2.24) is 0 Å². The van der Waals surface area contributed by atoms with E-state index in [1.807, 2.05) is 0 Å². The maximum atomic E-state index is 13.4. The number of aliphatic hydroxyl groups excluding tert-OH is 1. The third kappa shape index (κ3) is 5.41. The van der Waals surface area contributed by atoms with Crippen molar-refractivity contribution >= 4 is 37.6 Å². The smallest absolute Gasteiger partial charge is 0.338 e. The predicted octanol–water partition coefficient (Wildman–Crippen LogP) is 2.94. The molecule has 2 N–H and O–H groups in total. The number of rotatable bonds is 8. The Balaban J connectivity index is 2.33. The molecule has 27 heavy (non-hydrogen) atoms. The molecule has 0 saturated carbocycles. The Bertz CT molecular complexity index is 935. The van der Waals surface area contributed by atoms with E-state index in [-0.39, 0.29) is 46.2 Å². The molecule has 0 heterocycles. The van der Waals surface area contributed by atoms with Gasteiger partial charge in [-0.25, -0.2) is 17.6 Å². The van der Waals surface area contributed by atoms with Crippen molar-refractivity contribution in [2.75, 3.05) is 24.5 Å². The molecular formula is C17H17BrFNO6S. The van der Waals surface area contributed by atoms with Crippen LogP contribution in [0.5, 0.6) is 5.75 Å². The van der Waals surface area contributed by atoms with Crippen LogP contribution < -0.4 is 9.46 Å². The predicted molar refractivity (Wildman–Crippen MR) is 99.9 cm³/mol. The fourth-order valence-electron chi connectivity index (χ4n) is 2.12. The third-order valence-electron chi connectivity index (χ3n) is 3.27. The van der Waals surface area contributed by atoms with E-state index in [4.69, 9.17) is 14.6 Å². The second-order valence-corrected chi connectivity index (χ2v) is 7.69. The average Bonchev–Trinajstić information content (AvgIpc) is 2.61. The zero-order valence-corrected chi connectivity index (χ0v) is 16.6. The number of hydrogen-bond acceptors (Lipinski definition) is 6. The van der Waals surface area contributed by atoms with Gasteiger partial charge in [-0.05, 0) is 53.2 Å². The minimum absolute atomic E-state index is 0.00576. The number of sulfonamides is 1. The van der Waals surface area contributed by atoms with Gasteiger partial charge in [-0.3, -0.25) is 4.72 Å². The first kappa shape index (κ1) is 21.1. The monoisotopic (exact) mass is 461 g/mol. The zero-order valence-electron chi connectivity index (χ0n) is 14.2. The maximum Gasteiger partial charge on any atom is 0.338 e. The van der Waals surface area contributed by atoms with E-state index in [1.165, 1.54) is 24.3 Å². The van der Waals surface area contributed by atoms with Crippen LogP contribution in [-0.4, -0.2) is 39.3 Å². The van der Waals surface area contributed by atoms with Crippen LogP contribution in [0.3, 0.4) is 0 Å². The molecule has 0 unspecified atom stereocenters. The summed E-state index contributed by atoms with van der Waals surface area (Å²) in [7, 11) is -4.07. The first-order valence-electron chi connectivity index (χ1n) is 7.81. The highest BCUT2D eigenvalue weighted by Crippen LogP contribution is 2.30. The summed E-state index contributed by atoms with van der Waals surface area (Å²) < 4.78 is 51.3. The number of benzene rings is 2. The number of anilines is 1. The lowest BCUT2D eigenvalue weighted by Gasteiger charge is -2.14. The fraction of sp³-hybridized carbons (Fsp3) is 0.235. The van der Waals surface area contributed by atoms with E-state index >= 15 is 0 Å². The number of carbonyl (C=O) groups excluding carboxylic acids is 1. The lowest BCUT2D eigenvalue weighted by atomic mass is 10.2. The Morgan fingerprint density at radius 2 is 2.00 bits per heavy atom. The molecule has 10 heteroatoms. The molecule has 0 aliphatic carbocycles. The summed E-state index contributed by atoms with van der Waals surface area (Å²) in [6.07, 6.45) is 0. The van der Waals surface area contributed by atoms with E-state index in [0.717, 1.165) is 12.1 Å². The van der Waals surface area contributed by atoms with Crippen LogP contribution in [0.4, 0.5) is 10.1 Å². The first-order chi connectivity index (χ1) is 12.8. The molecule has 0 spiro atoms. The lowest BCUT2D eigenvalue weighted by molar-refractivity contribution is 0.0526. The molecule has 146 valence electrons. The number of hydrogen-bond donors (Lipinski definition) is 2. The molecule has 0 aliphatic heterocycles. The average molecular weight is 462 g/mol. The lowest BCUT2D eigenvalue weighted by Crippen LogP contribution is -2.15. The summed E-state index contributed by atoms with van der Waals surface area (Å²) in [4.78, 5) is 11.6. The van der Waals surface area contributed by atoms with E-state index in [1.54, 1.807) is 6.92 Å². The molecular weight excluding hydrogens is 445 g/mol. The number of aliphatic hydroxyl groups is 1. The summed E-state index contributed by atoms with van der Waals surface area (Å²) in [6, 6.07) is 7.19. The number of ether oxygens (including phenoxy) is 2. The van der Waals surface area contributed by atoms with Gasteiger partial charge >= 0.3 is 5.97 Å². The zero-order chi connectivity index (χ0) is 20.0.